The van der Waals surface area contributed by atoms with Crippen molar-refractivity contribution in [3.63, 3.8) is 0 Å². The summed E-state index contributed by atoms with van der Waals surface area (Å²) >= 11 is 0. The molecule has 2 heterocycles. The van der Waals surface area contributed by atoms with Gasteiger partial charge in [0.25, 0.3) is 5.91 Å². The molecule has 0 bridgehead atoms. The molecule has 3 rings (SSSR count). The number of hydrogen-bond donors (Lipinski definition) is 4. The molecule has 0 aliphatic carbocycles. The van der Waals surface area contributed by atoms with E-state index >= 15 is 0 Å². The highest BCUT2D eigenvalue weighted by Gasteiger charge is 2.29. The van der Waals surface area contributed by atoms with Crippen molar-refractivity contribution in [2.75, 3.05) is 31.1 Å². The number of nitrogens with zero attached hydrogens (tertiary/aromatic N) is 3. The minimum Gasteiger partial charge on any atom is -0.391 e. The largest absolute Gasteiger partial charge is 0.391 e. The van der Waals surface area contributed by atoms with Crippen LogP contribution in [0.2, 0.25) is 0 Å². The van der Waals surface area contributed by atoms with Crippen LogP contribution >= 0.6 is 0 Å². The van der Waals surface area contributed by atoms with E-state index in [0.29, 0.717) is 26.2 Å². The van der Waals surface area contributed by atoms with E-state index in [1.54, 1.807) is 17.3 Å². The summed E-state index contributed by atoms with van der Waals surface area (Å²) in [5, 5.41) is 20.9. The van der Waals surface area contributed by atoms with E-state index < -0.39 is 24.1 Å². The lowest BCUT2D eigenvalue weighted by Crippen LogP contribution is -2.58. The van der Waals surface area contributed by atoms with Crippen molar-refractivity contribution in [2.45, 2.75) is 19.1 Å². The van der Waals surface area contributed by atoms with E-state index in [1.807, 2.05) is 36.4 Å². The molecular formula is C22H25N5O4. The normalized spacial score (nSPS) is 15.3. The number of rotatable bonds is 4. The van der Waals surface area contributed by atoms with Gasteiger partial charge in [-0.1, -0.05) is 11.8 Å². The first-order chi connectivity index (χ1) is 15.0. The highest BCUT2D eigenvalue weighted by atomic mass is 16.5. The van der Waals surface area contributed by atoms with Gasteiger partial charge in [-0.2, -0.15) is 0 Å². The number of pyridine rings is 1. The van der Waals surface area contributed by atoms with E-state index in [2.05, 4.69) is 27.0 Å². The first-order valence-electron chi connectivity index (χ1n) is 9.92. The predicted octanol–water partition coefficient (Wildman–Crippen LogP) is 0.568. The number of hydrogen-bond acceptors (Lipinski definition) is 6. The number of nitrogens with one attached hydrogen (secondary N) is 2. The Morgan fingerprint density at radius 1 is 1.06 bits per heavy atom. The van der Waals surface area contributed by atoms with Crippen molar-refractivity contribution in [2.24, 2.45) is 0 Å². The standard InChI is InChI=1S/C22H25N5O4/c1-16(28)20(21(29)25-31)24-22(30)27-13-11-26(12-14-27)19-8-6-17(7-9-19)4-5-18-3-2-10-23-15-18/h2-3,6-10,15-16,20,28,31H,11-14H2,1H3,(H,24,30)(H,25,29)/t16-,20+/m1/s1. The minimum atomic E-state index is -1.23. The number of benzene rings is 1. The fourth-order valence-electron chi connectivity index (χ4n) is 3.20. The Balaban J connectivity index is 1.54. The third kappa shape index (κ3) is 5.94. The van der Waals surface area contributed by atoms with Crippen molar-refractivity contribution in [3.05, 3.63) is 59.9 Å². The van der Waals surface area contributed by atoms with Crippen molar-refractivity contribution in [1.82, 2.24) is 20.7 Å². The zero-order valence-electron chi connectivity index (χ0n) is 17.2. The molecule has 1 saturated heterocycles. The number of aromatic nitrogens is 1. The maximum atomic E-state index is 12.4. The number of anilines is 1. The van der Waals surface area contributed by atoms with Gasteiger partial charge in [-0.3, -0.25) is 15.0 Å². The Morgan fingerprint density at radius 3 is 2.32 bits per heavy atom. The number of hydroxylamine groups is 1. The Kier molecular flexibility index (Phi) is 7.43. The topological polar surface area (TPSA) is 118 Å². The Labute approximate surface area is 180 Å². The van der Waals surface area contributed by atoms with E-state index in [0.717, 1.165) is 16.8 Å². The van der Waals surface area contributed by atoms with Gasteiger partial charge in [0.05, 0.1) is 6.10 Å². The molecule has 0 radical (unpaired) electrons. The van der Waals surface area contributed by atoms with Gasteiger partial charge in [0, 0.05) is 55.4 Å². The van der Waals surface area contributed by atoms with Crippen molar-refractivity contribution in [3.8, 4) is 11.8 Å². The zero-order valence-corrected chi connectivity index (χ0v) is 17.2. The average Bonchev–Trinajstić information content (AvgIpc) is 2.81. The molecule has 0 spiro atoms. The van der Waals surface area contributed by atoms with Gasteiger partial charge in [-0.15, -0.1) is 0 Å². The van der Waals surface area contributed by atoms with Gasteiger partial charge < -0.3 is 20.2 Å². The molecule has 1 fully saturated rings. The first kappa shape index (κ1) is 22.1. The van der Waals surface area contributed by atoms with E-state index in [1.165, 1.54) is 12.4 Å². The molecule has 1 aliphatic heterocycles. The van der Waals surface area contributed by atoms with Gasteiger partial charge in [-0.05, 0) is 43.3 Å². The van der Waals surface area contributed by atoms with Crippen LogP contribution < -0.4 is 15.7 Å². The minimum absolute atomic E-state index is 0.460. The lowest BCUT2D eigenvalue weighted by Gasteiger charge is -2.36. The van der Waals surface area contributed by atoms with Crippen molar-refractivity contribution >= 4 is 17.6 Å². The van der Waals surface area contributed by atoms with Crippen LogP contribution in [0, 0.1) is 11.8 Å². The fraction of sp³-hybridized carbons (Fsp3) is 0.318. The highest BCUT2D eigenvalue weighted by molar-refractivity contribution is 5.87. The first-order valence-corrected chi connectivity index (χ1v) is 9.92. The van der Waals surface area contributed by atoms with E-state index in [9.17, 15) is 14.7 Å². The number of piperazine rings is 1. The molecule has 2 atom stereocenters. The summed E-state index contributed by atoms with van der Waals surface area (Å²) in [5.74, 6) is 5.32. The summed E-state index contributed by atoms with van der Waals surface area (Å²) in [7, 11) is 0. The molecule has 2 aromatic rings. The quantitative estimate of drug-likeness (QED) is 0.324. The molecule has 9 nitrogen and oxygen atoms in total. The monoisotopic (exact) mass is 423 g/mol. The van der Waals surface area contributed by atoms with Crippen LogP contribution in [-0.2, 0) is 4.79 Å². The molecule has 9 heteroatoms. The molecule has 1 aromatic heterocycles. The molecule has 0 unspecified atom stereocenters. The predicted molar refractivity (Wildman–Crippen MR) is 114 cm³/mol. The number of aliphatic hydroxyl groups is 1. The fourth-order valence-corrected chi connectivity index (χ4v) is 3.20. The van der Waals surface area contributed by atoms with Crippen LogP contribution in [0.5, 0.6) is 0 Å². The molecule has 3 amide bonds. The third-order valence-electron chi connectivity index (χ3n) is 4.97. The highest BCUT2D eigenvalue weighted by Crippen LogP contribution is 2.17. The van der Waals surface area contributed by atoms with Gasteiger partial charge in [0.1, 0.15) is 6.04 Å². The Morgan fingerprint density at radius 2 is 1.74 bits per heavy atom. The molecule has 0 saturated carbocycles. The second-order valence-corrected chi connectivity index (χ2v) is 7.16. The Bertz CT molecular complexity index is 945. The molecular weight excluding hydrogens is 398 g/mol. The van der Waals surface area contributed by atoms with Gasteiger partial charge in [-0.25, -0.2) is 10.3 Å². The number of carbonyl (C=O) groups is 2. The second kappa shape index (κ2) is 10.4. The smallest absolute Gasteiger partial charge is 0.318 e. The SMILES string of the molecule is C[C@@H](O)[C@H](NC(=O)N1CCN(c2ccc(C#Cc3cccnc3)cc2)CC1)C(=O)NO. The van der Waals surface area contributed by atoms with E-state index in [-0.39, 0.29) is 0 Å². The van der Waals surface area contributed by atoms with Crippen molar-refractivity contribution in [1.29, 1.82) is 0 Å². The maximum Gasteiger partial charge on any atom is 0.318 e. The van der Waals surface area contributed by atoms with Crippen LogP contribution in [-0.4, -0.2) is 70.5 Å². The van der Waals surface area contributed by atoms with E-state index in [4.69, 9.17) is 5.21 Å². The summed E-state index contributed by atoms with van der Waals surface area (Å²) in [4.78, 5) is 31.8. The van der Waals surface area contributed by atoms with Crippen LogP contribution in [0.15, 0.2) is 48.8 Å². The number of amides is 3. The van der Waals surface area contributed by atoms with Gasteiger partial charge in [0.2, 0.25) is 0 Å². The summed E-state index contributed by atoms with van der Waals surface area (Å²) in [6.45, 7) is 3.53. The maximum absolute atomic E-state index is 12.4. The average molecular weight is 423 g/mol. The lowest BCUT2D eigenvalue weighted by atomic mass is 10.1. The Hall–Kier alpha value is -3.61. The number of aliphatic hydroxyl groups excluding tert-OH is 1. The third-order valence-corrected chi connectivity index (χ3v) is 4.97. The zero-order chi connectivity index (χ0) is 22.2. The summed E-state index contributed by atoms with van der Waals surface area (Å²) in [5.41, 5.74) is 4.25. The molecule has 162 valence electrons. The second-order valence-electron chi connectivity index (χ2n) is 7.16. The van der Waals surface area contributed by atoms with Crippen LogP contribution in [0.3, 0.4) is 0 Å². The summed E-state index contributed by atoms with van der Waals surface area (Å²) < 4.78 is 0. The summed E-state index contributed by atoms with van der Waals surface area (Å²) in [6.07, 6.45) is 2.29. The number of carbonyl (C=O) groups excluding carboxylic acids is 2. The van der Waals surface area contributed by atoms with Gasteiger partial charge in [0.15, 0.2) is 0 Å². The summed E-state index contributed by atoms with van der Waals surface area (Å²) in [6, 6.07) is 9.97. The number of urea groups is 1. The van der Waals surface area contributed by atoms with Crippen LogP contribution in [0.1, 0.15) is 18.1 Å². The molecule has 1 aromatic carbocycles. The lowest BCUT2D eigenvalue weighted by molar-refractivity contribution is -0.133. The molecule has 1 aliphatic rings. The van der Waals surface area contributed by atoms with Crippen LogP contribution in [0.25, 0.3) is 0 Å². The van der Waals surface area contributed by atoms with Crippen molar-refractivity contribution < 1.29 is 19.9 Å². The molecule has 4 N–H and O–H groups in total. The van der Waals surface area contributed by atoms with Crippen LogP contribution in [0.4, 0.5) is 10.5 Å². The molecule has 31 heavy (non-hydrogen) atoms. The van der Waals surface area contributed by atoms with Gasteiger partial charge >= 0.3 is 6.03 Å².